The van der Waals surface area contributed by atoms with Crippen LogP contribution in [0.4, 0.5) is 0 Å². The smallest absolute Gasteiger partial charge is 0.394 e. The third-order valence-corrected chi connectivity index (χ3v) is 8.42. The van der Waals surface area contributed by atoms with Crippen LogP contribution in [0.2, 0.25) is 19.1 Å². The highest BCUT2D eigenvalue weighted by molar-refractivity contribution is 6.78. The fourth-order valence-corrected chi connectivity index (χ4v) is 7.19. The molecule has 0 rings (SSSR count). The van der Waals surface area contributed by atoms with Gasteiger partial charge in [-0.1, -0.05) is 13.3 Å². The molecule has 0 aromatic heterocycles. The zero-order chi connectivity index (χ0) is 11.2. The Balaban J connectivity index is 4.41. The molecule has 0 aliphatic heterocycles. The van der Waals surface area contributed by atoms with E-state index in [-0.39, 0.29) is 0 Å². The monoisotopic (exact) mass is 238 g/mol. The summed E-state index contributed by atoms with van der Waals surface area (Å²) >= 11 is 0. The molecule has 4 nitrogen and oxygen atoms in total. The van der Waals surface area contributed by atoms with E-state index in [9.17, 15) is 0 Å². The molecular weight excluding hydrogens is 216 g/mol. The Kier molecular flexibility index (Phi) is 6.11. The number of rotatable bonds is 7. The van der Waals surface area contributed by atoms with Crippen molar-refractivity contribution in [3.05, 3.63) is 0 Å². The first kappa shape index (κ1) is 14.3. The SMILES string of the molecule is CCC[Si](C)(C)O[Si](OC)(OC)OC. The van der Waals surface area contributed by atoms with Gasteiger partial charge in [0.1, 0.15) is 0 Å². The summed E-state index contributed by atoms with van der Waals surface area (Å²) in [6.45, 7) is 6.44. The summed E-state index contributed by atoms with van der Waals surface area (Å²) in [5.41, 5.74) is 0. The van der Waals surface area contributed by atoms with E-state index in [1.54, 1.807) is 21.3 Å². The van der Waals surface area contributed by atoms with Crippen molar-refractivity contribution in [2.24, 2.45) is 0 Å². The second-order valence-electron chi connectivity index (χ2n) is 3.72. The lowest BCUT2D eigenvalue weighted by Crippen LogP contribution is -2.53. The molecule has 0 radical (unpaired) electrons. The van der Waals surface area contributed by atoms with E-state index in [2.05, 4.69) is 20.0 Å². The van der Waals surface area contributed by atoms with Gasteiger partial charge in [-0.2, -0.15) is 0 Å². The van der Waals surface area contributed by atoms with Crippen molar-refractivity contribution in [1.29, 1.82) is 0 Å². The van der Waals surface area contributed by atoms with E-state index in [4.69, 9.17) is 17.4 Å². The van der Waals surface area contributed by atoms with Gasteiger partial charge >= 0.3 is 9.05 Å². The molecule has 0 fully saturated rings. The molecule has 0 aliphatic rings. The van der Waals surface area contributed by atoms with E-state index >= 15 is 0 Å². The maximum Gasteiger partial charge on any atom is 0.668 e. The quantitative estimate of drug-likeness (QED) is 0.636. The largest absolute Gasteiger partial charge is 0.668 e. The van der Waals surface area contributed by atoms with Gasteiger partial charge in [-0.15, -0.1) is 0 Å². The second-order valence-corrected chi connectivity index (χ2v) is 10.8. The van der Waals surface area contributed by atoms with Crippen molar-refractivity contribution in [3.63, 3.8) is 0 Å². The lowest BCUT2D eigenvalue weighted by atomic mass is 10.6. The average Bonchev–Trinajstić information content (AvgIpc) is 2.14. The van der Waals surface area contributed by atoms with Crippen molar-refractivity contribution in [2.75, 3.05) is 21.3 Å². The number of hydrogen-bond acceptors (Lipinski definition) is 4. The van der Waals surface area contributed by atoms with Crippen LogP contribution in [-0.4, -0.2) is 38.7 Å². The predicted octanol–water partition coefficient (Wildman–Crippen LogP) is 1.99. The van der Waals surface area contributed by atoms with Crippen molar-refractivity contribution < 1.29 is 17.4 Å². The van der Waals surface area contributed by atoms with E-state index < -0.39 is 17.4 Å². The second kappa shape index (κ2) is 5.99. The van der Waals surface area contributed by atoms with Gasteiger partial charge < -0.3 is 17.4 Å². The van der Waals surface area contributed by atoms with E-state index in [0.29, 0.717) is 0 Å². The molecule has 0 heterocycles. The van der Waals surface area contributed by atoms with Gasteiger partial charge in [0.2, 0.25) is 0 Å². The highest BCUT2D eigenvalue weighted by atomic mass is 28.5. The van der Waals surface area contributed by atoms with Crippen LogP contribution >= 0.6 is 0 Å². The maximum atomic E-state index is 5.92. The van der Waals surface area contributed by atoms with Crippen molar-refractivity contribution in [3.8, 4) is 0 Å². The molecular formula is C8H22O4Si2. The lowest BCUT2D eigenvalue weighted by Gasteiger charge is -2.32. The van der Waals surface area contributed by atoms with Gasteiger partial charge in [0.15, 0.2) is 8.32 Å². The van der Waals surface area contributed by atoms with Crippen molar-refractivity contribution in [2.45, 2.75) is 32.5 Å². The van der Waals surface area contributed by atoms with E-state index in [0.717, 1.165) is 12.5 Å². The minimum absolute atomic E-state index is 1.08. The molecule has 0 amide bonds. The Morgan fingerprint density at radius 1 is 0.929 bits per heavy atom. The van der Waals surface area contributed by atoms with Gasteiger partial charge in [-0.05, 0) is 19.1 Å². The minimum atomic E-state index is -2.83. The molecule has 0 aromatic rings. The first-order valence-corrected chi connectivity index (χ1v) is 9.55. The Bertz CT molecular complexity index is 151. The first-order valence-electron chi connectivity index (χ1n) is 4.81. The highest BCUT2D eigenvalue weighted by Gasteiger charge is 2.47. The van der Waals surface area contributed by atoms with Gasteiger partial charge in [0, 0.05) is 21.3 Å². The molecule has 0 saturated carbocycles. The third-order valence-electron chi connectivity index (χ3n) is 2.00. The third kappa shape index (κ3) is 4.20. The summed E-state index contributed by atoms with van der Waals surface area (Å²) in [5, 5.41) is 0. The minimum Gasteiger partial charge on any atom is -0.394 e. The molecule has 0 aromatic carbocycles. The average molecular weight is 238 g/mol. The zero-order valence-electron chi connectivity index (χ0n) is 10.0. The zero-order valence-corrected chi connectivity index (χ0v) is 12.0. The Morgan fingerprint density at radius 2 is 1.36 bits per heavy atom. The van der Waals surface area contributed by atoms with Crippen molar-refractivity contribution in [1.82, 2.24) is 0 Å². The van der Waals surface area contributed by atoms with Crippen LogP contribution in [0.5, 0.6) is 0 Å². The van der Waals surface area contributed by atoms with Crippen LogP contribution in [0.3, 0.4) is 0 Å². The standard InChI is InChI=1S/C8H22O4Si2/c1-7-8-13(5,6)12-14(9-2,10-3)11-4/h7-8H2,1-6H3. The Labute approximate surface area is 89.1 Å². The number of hydrogen-bond donors (Lipinski definition) is 0. The van der Waals surface area contributed by atoms with Crippen molar-refractivity contribution >= 4 is 17.4 Å². The van der Waals surface area contributed by atoms with Gasteiger partial charge in [-0.25, -0.2) is 0 Å². The van der Waals surface area contributed by atoms with E-state index in [1.807, 2.05) is 0 Å². The van der Waals surface area contributed by atoms with Crippen LogP contribution in [0, 0.1) is 0 Å². The van der Waals surface area contributed by atoms with Crippen LogP contribution < -0.4 is 0 Å². The fraction of sp³-hybridized carbons (Fsp3) is 1.00. The molecule has 0 unspecified atom stereocenters. The molecule has 0 N–H and O–H groups in total. The molecule has 0 atom stereocenters. The summed E-state index contributed by atoms with van der Waals surface area (Å²) in [6, 6.07) is 1.08. The van der Waals surface area contributed by atoms with Crippen LogP contribution in [0.15, 0.2) is 0 Å². The van der Waals surface area contributed by atoms with Gasteiger partial charge in [0.25, 0.3) is 0 Å². The molecule has 14 heavy (non-hydrogen) atoms. The predicted molar refractivity (Wildman–Crippen MR) is 60.4 cm³/mol. The Hall–Kier alpha value is 0.274. The maximum absolute atomic E-state index is 5.92. The summed E-state index contributed by atoms with van der Waals surface area (Å²) in [4.78, 5) is 0. The normalized spacial score (nSPS) is 13.3. The highest BCUT2D eigenvalue weighted by Crippen LogP contribution is 2.20. The molecule has 0 spiro atoms. The Morgan fingerprint density at radius 3 is 1.64 bits per heavy atom. The molecule has 6 heteroatoms. The van der Waals surface area contributed by atoms with E-state index in [1.165, 1.54) is 0 Å². The fourth-order valence-electron chi connectivity index (χ4n) is 1.37. The summed E-state index contributed by atoms with van der Waals surface area (Å²) < 4.78 is 21.6. The molecule has 0 saturated heterocycles. The molecule has 86 valence electrons. The van der Waals surface area contributed by atoms with Crippen LogP contribution in [-0.2, 0) is 17.4 Å². The first-order chi connectivity index (χ1) is 6.45. The summed E-state index contributed by atoms with van der Waals surface area (Å²) in [5.74, 6) is 0. The topological polar surface area (TPSA) is 36.9 Å². The molecule has 0 aliphatic carbocycles. The van der Waals surface area contributed by atoms with Gasteiger partial charge in [0.05, 0.1) is 0 Å². The molecule has 0 bridgehead atoms. The van der Waals surface area contributed by atoms with Crippen LogP contribution in [0.1, 0.15) is 13.3 Å². The summed E-state index contributed by atoms with van der Waals surface area (Å²) in [7, 11) is 0.152. The summed E-state index contributed by atoms with van der Waals surface area (Å²) in [6.07, 6.45) is 1.11. The van der Waals surface area contributed by atoms with Gasteiger partial charge in [-0.3, -0.25) is 0 Å². The lowest BCUT2D eigenvalue weighted by molar-refractivity contribution is 0.0479. The van der Waals surface area contributed by atoms with Crippen LogP contribution in [0.25, 0.3) is 0 Å².